The van der Waals surface area contributed by atoms with Crippen molar-refractivity contribution in [3.05, 3.63) is 28.2 Å². The Balaban J connectivity index is 1.80. The van der Waals surface area contributed by atoms with E-state index in [2.05, 4.69) is 45.1 Å². The van der Waals surface area contributed by atoms with Gasteiger partial charge in [-0.25, -0.2) is 0 Å². The first-order chi connectivity index (χ1) is 9.06. The molecule has 1 atom stereocenters. The quantitative estimate of drug-likeness (QED) is 0.878. The van der Waals surface area contributed by atoms with Crippen molar-refractivity contribution in [2.45, 2.75) is 12.6 Å². The molecular weight excluding hydrogens is 306 g/mol. The van der Waals surface area contributed by atoms with Crippen LogP contribution in [0, 0.1) is 0 Å². The molecule has 19 heavy (non-hydrogen) atoms. The Bertz CT molecular complexity index is 427. The van der Waals surface area contributed by atoms with E-state index in [1.165, 1.54) is 5.56 Å². The third-order valence-corrected chi connectivity index (χ3v) is 4.34. The molecule has 0 aliphatic carbocycles. The van der Waals surface area contributed by atoms with E-state index < -0.39 is 0 Å². The number of phenolic OH excluding ortho intramolecular Hbond substituents is 1. The zero-order valence-corrected chi connectivity index (χ0v) is 13.2. The van der Waals surface area contributed by atoms with Gasteiger partial charge in [-0.05, 0) is 47.7 Å². The summed E-state index contributed by atoms with van der Waals surface area (Å²) in [5.74, 6) is 0.289. The van der Waals surface area contributed by atoms with Crippen LogP contribution in [0.2, 0.25) is 0 Å². The van der Waals surface area contributed by atoms with Gasteiger partial charge in [0.2, 0.25) is 0 Å². The van der Waals surface area contributed by atoms with Crippen LogP contribution in [0.1, 0.15) is 5.56 Å². The molecule has 0 aromatic heterocycles. The highest BCUT2D eigenvalue weighted by Gasteiger charge is 2.21. The van der Waals surface area contributed by atoms with Gasteiger partial charge in [-0.2, -0.15) is 0 Å². The number of hydrogen-bond acceptors (Lipinski definition) is 4. The summed E-state index contributed by atoms with van der Waals surface area (Å²) in [7, 11) is 4.37. The number of piperazine rings is 1. The number of benzene rings is 1. The lowest BCUT2D eigenvalue weighted by atomic mass is 10.1. The third-order valence-electron chi connectivity index (χ3n) is 3.70. The second-order valence-corrected chi connectivity index (χ2v) is 6.17. The third kappa shape index (κ3) is 4.18. The van der Waals surface area contributed by atoms with E-state index in [0.717, 1.165) is 37.2 Å². The molecule has 0 amide bonds. The Kier molecular flexibility index (Phi) is 5.21. The number of hydrogen-bond donors (Lipinski definition) is 2. The van der Waals surface area contributed by atoms with Crippen LogP contribution in [-0.2, 0) is 6.54 Å². The normalized spacial score (nSPS) is 21.7. The average Bonchev–Trinajstić information content (AvgIpc) is 2.38. The molecule has 5 heteroatoms. The molecule has 1 aromatic rings. The van der Waals surface area contributed by atoms with Gasteiger partial charge in [0.1, 0.15) is 5.75 Å². The predicted octanol–water partition coefficient (Wildman–Crippen LogP) is 1.49. The molecule has 1 fully saturated rings. The number of likely N-dealkylation sites (N-methyl/N-ethyl adjacent to an activating group) is 2. The molecule has 0 spiro atoms. The van der Waals surface area contributed by atoms with Crippen molar-refractivity contribution in [1.29, 1.82) is 0 Å². The molecule has 1 aromatic carbocycles. The Morgan fingerprint density at radius 1 is 1.37 bits per heavy atom. The van der Waals surface area contributed by atoms with Gasteiger partial charge in [-0.15, -0.1) is 0 Å². The monoisotopic (exact) mass is 327 g/mol. The van der Waals surface area contributed by atoms with Gasteiger partial charge in [0.05, 0.1) is 4.47 Å². The lowest BCUT2D eigenvalue weighted by molar-refractivity contribution is 0.113. The second-order valence-electron chi connectivity index (χ2n) is 5.31. The Labute approximate surface area is 123 Å². The maximum atomic E-state index is 9.46. The summed E-state index contributed by atoms with van der Waals surface area (Å²) in [6, 6.07) is 6.20. The van der Waals surface area contributed by atoms with Gasteiger partial charge < -0.3 is 15.3 Å². The molecule has 1 heterocycles. The molecule has 4 nitrogen and oxygen atoms in total. The molecule has 0 radical (unpaired) electrons. The van der Waals surface area contributed by atoms with Gasteiger partial charge in [0.25, 0.3) is 0 Å². The second kappa shape index (κ2) is 6.70. The minimum Gasteiger partial charge on any atom is -0.507 e. The SMILES string of the molecule is CN1CCN(C)C(CNCc2ccc(O)c(Br)c2)C1. The zero-order chi connectivity index (χ0) is 13.8. The molecule has 2 N–H and O–H groups in total. The van der Waals surface area contributed by atoms with Crippen LogP contribution < -0.4 is 5.32 Å². The van der Waals surface area contributed by atoms with Gasteiger partial charge >= 0.3 is 0 Å². The summed E-state index contributed by atoms with van der Waals surface area (Å²) in [5.41, 5.74) is 1.18. The summed E-state index contributed by atoms with van der Waals surface area (Å²) >= 11 is 3.34. The first kappa shape index (κ1) is 14.8. The van der Waals surface area contributed by atoms with Crippen molar-refractivity contribution in [3.63, 3.8) is 0 Å². The van der Waals surface area contributed by atoms with Crippen LogP contribution >= 0.6 is 15.9 Å². The molecule has 1 saturated heterocycles. The van der Waals surface area contributed by atoms with Crippen LogP contribution in [0.4, 0.5) is 0 Å². The Hall–Kier alpha value is -0.620. The van der Waals surface area contributed by atoms with Gasteiger partial charge in [0.15, 0.2) is 0 Å². The van der Waals surface area contributed by atoms with Crippen molar-refractivity contribution in [2.75, 3.05) is 40.3 Å². The van der Waals surface area contributed by atoms with E-state index in [-0.39, 0.29) is 5.75 Å². The summed E-state index contributed by atoms with van der Waals surface area (Å²) in [5, 5.41) is 13.0. The summed E-state index contributed by atoms with van der Waals surface area (Å²) in [6.07, 6.45) is 0. The zero-order valence-electron chi connectivity index (χ0n) is 11.6. The number of phenols is 1. The minimum absolute atomic E-state index is 0.289. The fraction of sp³-hybridized carbons (Fsp3) is 0.571. The lowest BCUT2D eigenvalue weighted by Gasteiger charge is -2.37. The van der Waals surface area contributed by atoms with E-state index in [1.807, 2.05) is 12.1 Å². The molecule has 106 valence electrons. The number of halogens is 1. The van der Waals surface area contributed by atoms with E-state index in [9.17, 15) is 5.11 Å². The molecule has 1 aliphatic rings. The number of aromatic hydroxyl groups is 1. The van der Waals surface area contributed by atoms with Crippen molar-refractivity contribution < 1.29 is 5.11 Å². The maximum absolute atomic E-state index is 9.46. The van der Waals surface area contributed by atoms with Gasteiger partial charge in [-0.3, -0.25) is 4.90 Å². The largest absolute Gasteiger partial charge is 0.507 e. The van der Waals surface area contributed by atoms with Crippen LogP contribution in [-0.4, -0.2) is 61.2 Å². The molecule has 0 bridgehead atoms. The van der Waals surface area contributed by atoms with Crippen LogP contribution in [0.3, 0.4) is 0 Å². The molecule has 0 saturated carbocycles. The topological polar surface area (TPSA) is 38.7 Å². The summed E-state index contributed by atoms with van der Waals surface area (Å²) < 4.78 is 0.751. The smallest absolute Gasteiger partial charge is 0.129 e. The van der Waals surface area contributed by atoms with Crippen LogP contribution in [0.25, 0.3) is 0 Å². The van der Waals surface area contributed by atoms with Crippen LogP contribution in [0.5, 0.6) is 5.75 Å². The van der Waals surface area contributed by atoms with Gasteiger partial charge in [0, 0.05) is 38.8 Å². The maximum Gasteiger partial charge on any atom is 0.129 e. The predicted molar refractivity (Wildman–Crippen MR) is 81.4 cm³/mol. The van der Waals surface area contributed by atoms with Crippen LogP contribution in [0.15, 0.2) is 22.7 Å². The van der Waals surface area contributed by atoms with Crippen molar-refractivity contribution >= 4 is 15.9 Å². The average molecular weight is 328 g/mol. The highest BCUT2D eigenvalue weighted by Crippen LogP contribution is 2.24. The van der Waals surface area contributed by atoms with E-state index in [1.54, 1.807) is 6.07 Å². The molecule has 1 aliphatic heterocycles. The van der Waals surface area contributed by atoms with E-state index in [4.69, 9.17) is 0 Å². The lowest BCUT2D eigenvalue weighted by Crippen LogP contribution is -2.53. The highest BCUT2D eigenvalue weighted by molar-refractivity contribution is 9.10. The van der Waals surface area contributed by atoms with E-state index in [0.29, 0.717) is 6.04 Å². The van der Waals surface area contributed by atoms with Crippen molar-refractivity contribution in [2.24, 2.45) is 0 Å². The minimum atomic E-state index is 0.289. The highest BCUT2D eigenvalue weighted by atomic mass is 79.9. The summed E-state index contributed by atoms with van der Waals surface area (Å²) in [6.45, 7) is 5.21. The molecular formula is C14H22BrN3O. The number of nitrogens with zero attached hydrogens (tertiary/aromatic N) is 2. The first-order valence-electron chi connectivity index (χ1n) is 6.63. The summed E-state index contributed by atoms with van der Waals surface area (Å²) in [4.78, 5) is 4.79. The number of rotatable bonds is 4. The van der Waals surface area contributed by atoms with Gasteiger partial charge in [-0.1, -0.05) is 6.07 Å². The van der Waals surface area contributed by atoms with E-state index >= 15 is 0 Å². The molecule has 2 rings (SSSR count). The standard InChI is InChI=1S/C14H22BrN3O/c1-17-5-6-18(2)12(10-17)9-16-8-11-3-4-14(19)13(15)7-11/h3-4,7,12,16,19H,5-6,8-10H2,1-2H3. The first-order valence-corrected chi connectivity index (χ1v) is 7.42. The Morgan fingerprint density at radius 3 is 2.89 bits per heavy atom. The fourth-order valence-corrected chi connectivity index (χ4v) is 2.79. The Morgan fingerprint density at radius 2 is 2.16 bits per heavy atom. The molecule has 1 unspecified atom stereocenters. The van der Waals surface area contributed by atoms with Crippen molar-refractivity contribution in [1.82, 2.24) is 15.1 Å². The number of nitrogens with one attached hydrogen (secondary N) is 1. The van der Waals surface area contributed by atoms with Crippen molar-refractivity contribution in [3.8, 4) is 5.75 Å². The fourth-order valence-electron chi connectivity index (χ4n) is 2.37.